The first kappa shape index (κ1) is 13.3. The van der Waals surface area contributed by atoms with E-state index >= 15 is 0 Å². The number of nitrogens with one attached hydrogen (secondary N) is 1. The van der Waals surface area contributed by atoms with Crippen LogP contribution >= 0.6 is 0 Å². The van der Waals surface area contributed by atoms with Crippen molar-refractivity contribution in [3.63, 3.8) is 0 Å². The predicted octanol–water partition coefficient (Wildman–Crippen LogP) is 0.845. The Labute approximate surface area is 99.7 Å². The van der Waals surface area contributed by atoms with E-state index in [1.807, 2.05) is 6.92 Å². The van der Waals surface area contributed by atoms with E-state index < -0.39 is 5.91 Å². The van der Waals surface area contributed by atoms with E-state index in [-0.39, 0.29) is 35.6 Å². The lowest BCUT2D eigenvalue weighted by atomic mass is 10.0. The highest BCUT2D eigenvalue weighted by molar-refractivity contribution is 5.95. The van der Waals surface area contributed by atoms with Crippen LogP contribution in [0.1, 0.15) is 24.2 Å². The first-order valence-electron chi connectivity index (χ1n) is 5.38. The number of carbonyl (C=O) groups is 1. The molecule has 4 N–H and O–H groups in total. The van der Waals surface area contributed by atoms with Crippen molar-refractivity contribution in [2.75, 3.05) is 6.61 Å². The quantitative estimate of drug-likeness (QED) is 0.627. The molecule has 0 radical (unpaired) electrons. The lowest BCUT2D eigenvalue weighted by molar-refractivity contribution is 0.0915. The van der Waals surface area contributed by atoms with Crippen molar-refractivity contribution < 1.29 is 20.1 Å². The van der Waals surface area contributed by atoms with Crippen molar-refractivity contribution in [1.82, 2.24) is 5.32 Å². The van der Waals surface area contributed by atoms with Gasteiger partial charge in [-0.25, -0.2) is 0 Å². The van der Waals surface area contributed by atoms with Crippen molar-refractivity contribution in [3.8, 4) is 11.5 Å². The molecule has 0 aliphatic heterocycles. The standard InChI is InChI=1S/C12H17NO4/c1-7(6-14)8(2)13-12(17)9-3-10(15)5-11(16)4-9/h3-5,7-8,14-16H,6H2,1-2H3,(H,13,17). The maximum atomic E-state index is 11.8. The molecular weight excluding hydrogens is 222 g/mol. The summed E-state index contributed by atoms with van der Waals surface area (Å²) in [4.78, 5) is 11.8. The van der Waals surface area contributed by atoms with Gasteiger partial charge < -0.3 is 20.6 Å². The molecule has 0 aliphatic rings. The smallest absolute Gasteiger partial charge is 0.251 e. The molecule has 94 valence electrons. The van der Waals surface area contributed by atoms with Crippen LogP contribution in [0.5, 0.6) is 11.5 Å². The van der Waals surface area contributed by atoms with E-state index in [1.54, 1.807) is 6.92 Å². The molecule has 0 spiro atoms. The van der Waals surface area contributed by atoms with Gasteiger partial charge in [0, 0.05) is 24.3 Å². The minimum absolute atomic E-state index is 0.0211. The number of rotatable bonds is 4. The topological polar surface area (TPSA) is 89.8 Å². The molecule has 1 rings (SSSR count). The van der Waals surface area contributed by atoms with Crippen LogP contribution in [0.25, 0.3) is 0 Å². The molecule has 1 aromatic carbocycles. The molecule has 2 atom stereocenters. The van der Waals surface area contributed by atoms with Gasteiger partial charge in [0.2, 0.25) is 0 Å². The number of hydrogen-bond acceptors (Lipinski definition) is 4. The highest BCUT2D eigenvalue weighted by atomic mass is 16.3. The second kappa shape index (κ2) is 5.54. The summed E-state index contributed by atoms with van der Waals surface area (Å²) in [6.07, 6.45) is 0. The summed E-state index contributed by atoms with van der Waals surface area (Å²) in [6, 6.07) is 3.49. The molecule has 0 bridgehead atoms. The molecule has 0 aromatic heterocycles. The molecule has 0 saturated heterocycles. The summed E-state index contributed by atoms with van der Waals surface area (Å²) in [6.45, 7) is 3.57. The normalized spacial score (nSPS) is 14.1. The lowest BCUT2D eigenvalue weighted by Gasteiger charge is -2.19. The Kier molecular flexibility index (Phi) is 4.34. The first-order chi connectivity index (χ1) is 7.93. The van der Waals surface area contributed by atoms with Gasteiger partial charge in [0.1, 0.15) is 11.5 Å². The van der Waals surface area contributed by atoms with Crippen LogP contribution in [0.2, 0.25) is 0 Å². The van der Waals surface area contributed by atoms with Gasteiger partial charge in [-0.05, 0) is 25.0 Å². The van der Waals surface area contributed by atoms with Crippen LogP contribution < -0.4 is 5.32 Å². The fourth-order valence-electron chi connectivity index (χ4n) is 1.32. The number of aromatic hydroxyl groups is 2. The average Bonchev–Trinajstić information content (AvgIpc) is 2.26. The van der Waals surface area contributed by atoms with Gasteiger partial charge in [0.25, 0.3) is 5.91 Å². The number of aliphatic hydroxyl groups is 1. The number of amides is 1. The van der Waals surface area contributed by atoms with Crippen LogP contribution in [-0.4, -0.2) is 33.9 Å². The van der Waals surface area contributed by atoms with Crippen molar-refractivity contribution in [2.24, 2.45) is 5.92 Å². The maximum Gasteiger partial charge on any atom is 0.251 e. The third kappa shape index (κ3) is 3.64. The minimum atomic E-state index is -0.399. The Balaban J connectivity index is 2.76. The van der Waals surface area contributed by atoms with Crippen molar-refractivity contribution in [3.05, 3.63) is 23.8 Å². The van der Waals surface area contributed by atoms with Gasteiger partial charge in [-0.3, -0.25) is 4.79 Å². The Morgan fingerprint density at radius 2 is 1.76 bits per heavy atom. The molecule has 2 unspecified atom stereocenters. The second-order valence-corrected chi connectivity index (χ2v) is 4.16. The van der Waals surface area contributed by atoms with E-state index in [9.17, 15) is 15.0 Å². The van der Waals surface area contributed by atoms with Crippen LogP contribution in [0.15, 0.2) is 18.2 Å². The molecule has 1 aromatic rings. The maximum absolute atomic E-state index is 11.8. The molecule has 5 heteroatoms. The summed E-state index contributed by atoms with van der Waals surface area (Å²) >= 11 is 0. The second-order valence-electron chi connectivity index (χ2n) is 4.16. The van der Waals surface area contributed by atoms with E-state index in [2.05, 4.69) is 5.32 Å². The first-order valence-corrected chi connectivity index (χ1v) is 5.38. The van der Waals surface area contributed by atoms with Gasteiger partial charge in [0.15, 0.2) is 0 Å². The van der Waals surface area contributed by atoms with Crippen LogP contribution in [0.3, 0.4) is 0 Å². The molecular formula is C12H17NO4. The zero-order chi connectivity index (χ0) is 13.0. The fraction of sp³-hybridized carbons (Fsp3) is 0.417. The number of phenolic OH excluding ortho intramolecular Hbond substituents is 2. The summed E-state index contributed by atoms with van der Waals surface area (Å²) < 4.78 is 0. The summed E-state index contributed by atoms with van der Waals surface area (Å²) in [5.41, 5.74) is 0.180. The highest BCUT2D eigenvalue weighted by Gasteiger charge is 2.15. The van der Waals surface area contributed by atoms with Crippen molar-refractivity contribution >= 4 is 5.91 Å². The molecule has 0 fully saturated rings. The van der Waals surface area contributed by atoms with Crippen LogP contribution in [0.4, 0.5) is 0 Å². The monoisotopic (exact) mass is 239 g/mol. The van der Waals surface area contributed by atoms with E-state index in [0.717, 1.165) is 6.07 Å². The molecule has 0 heterocycles. The van der Waals surface area contributed by atoms with Gasteiger partial charge in [-0.15, -0.1) is 0 Å². The molecule has 1 amide bonds. The van der Waals surface area contributed by atoms with Crippen molar-refractivity contribution in [2.45, 2.75) is 19.9 Å². The number of benzene rings is 1. The highest BCUT2D eigenvalue weighted by Crippen LogP contribution is 2.20. The molecule has 0 aliphatic carbocycles. The van der Waals surface area contributed by atoms with E-state index in [1.165, 1.54) is 12.1 Å². The number of carbonyl (C=O) groups excluding carboxylic acids is 1. The predicted molar refractivity (Wildman–Crippen MR) is 62.9 cm³/mol. The third-order valence-corrected chi connectivity index (χ3v) is 2.67. The van der Waals surface area contributed by atoms with E-state index in [4.69, 9.17) is 5.11 Å². The van der Waals surface area contributed by atoms with Crippen LogP contribution in [0, 0.1) is 5.92 Å². The number of hydrogen-bond donors (Lipinski definition) is 4. The van der Waals surface area contributed by atoms with Crippen molar-refractivity contribution in [1.29, 1.82) is 0 Å². The average molecular weight is 239 g/mol. The third-order valence-electron chi connectivity index (χ3n) is 2.67. The zero-order valence-corrected chi connectivity index (χ0v) is 9.84. The summed E-state index contributed by atoms with van der Waals surface area (Å²) in [5.74, 6) is -0.801. The lowest BCUT2D eigenvalue weighted by Crippen LogP contribution is -2.38. The van der Waals surface area contributed by atoms with Crippen LogP contribution in [-0.2, 0) is 0 Å². The van der Waals surface area contributed by atoms with Gasteiger partial charge in [-0.2, -0.15) is 0 Å². The largest absolute Gasteiger partial charge is 0.508 e. The SMILES string of the molecule is CC(CO)C(C)NC(=O)c1cc(O)cc(O)c1. The Morgan fingerprint density at radius 1 is 1.24 bits per heavy atom. The number of phenols is 2. The minimum Gasteiger partial charge on any atom is -0.508 e. The Morgan fingerprint density at radius 3 is 2.24 bits per heavy atom. The van der Waals surface area contributed by atoms with Gasteiger partial charge in [-0.1, -0.05) is 6.92 Å². The van der Waals surface area contributed by atoms with Gasteiger partial charge >= 0.3 is 0 Å². The Bertz CT molecular complexity index is 385. The summed E-state index contributed by atoms with van der Waals surface area (Å²) in [5, 5.41) is 30.1. The van der Waals surface area contributed by atoms with E-state index in [0.29, 0.717) is 0 Å². The Hall–Kier alpha value is -1.75. The van der Waals surface area contributed by atoms with Gasteiger partial charge in [0.05, 0.1) is 0 Å². The molecule has 0 saturated carbocycles. The zero-order valence-electron chi connectivity index (χ0n) is 9.84. The fourth-order valence-corrected chi connectivity index (χ4v) is 1.32. The number of aliphatic hydroxyl groups excluding tert-OH is 1. The molecule has 17 heavy (non-hydrogen) atoms. The molecule has 5 nitrogen and oxygen atoms in total. The summed E-state index contributed by atoms with van der Waals surface area (Å²) in [7, 11) is 0.